The molecular weight excluding hydrogens is 360 g/mol. The van der Waals surface area contributed by atoms with Gasteiger partial charge in [0.1, 0.15) is 5.15 Å². The molecule has 0 bridgehead atoms. The van der Waals surface area contributed by atoms with Gasteiger partial charge < -0.3 is 10.2 Å². The molecule has 0 aliphatic carbocycles. The summed E-state index contributed by atoms with van der Waals surface area (Å²) < 4.78 is 1.80. The largest absolute Gasteiger partial charge is 0.371 e. The van der Waals surface area contributed by atoms with E-state index in [0.29, 0.717) is 5.15 Å². The molecule has 0 unspecified atom stereocenters. The number of aromatic nitrogens is 2. The molecule has 0 atom stereocenters. The molecule has 0 saturated carbocycles. The van der Waals surface area contributed by atoms with Gasteiger partial charge in [-0.1, -0.05) is 31.0 Å². The number of carbonyl (C=O) groups excluding carboxylic acids is 1. The van der Waals surface area contributed by atoms with Gasteiger partial charge in [0.2, 0.25) is 5.91 Å². The van der Waals surface area contributed by atoms with Gasteiger partial charge in [0.15, 0.2) is 0 Å². The Balaban J connectivity index is 1.66. The van der Waals surface area contributed by atoms with Crippen molar-refractivity contribution in [2.45, 2.75) is 46.1 Å². The Bertz CT molecular complexity index is 822. The van der Waals surface area contributed by atoms with Crippen molar-refractivity contribution < 1.29 is 4.79 Å². The topological polar surface area (TPSA) is 50.2 Å². The van der Waals surface area contributed by atoms with Crippen LogP contribution in [0.25, 0.3) is 6.08 Å². The molecule has 1 aliphatic heterocycles. The van der Waals surface area contributed by atoms with Gasteiger partial charge in [0.05, 0.1) is 5.69 Å². The van der Waals surface area contributed by atoms with Crippen LogP contribution in [-0.4, -0.2) is 28.8 Å². The van der Waals surface area contributed by atoms with Crippen molar-refractivity contribution in [1.82, 2.24) is 9.78 Å². The summed E-state index contributed by atoms with van der Waals surface area (Å²) in [6.07, 6.45) is 7.82. The van der Waals surface area contributed by atoms with Crippen LogP contribution in [0, 0.1) is 6.92 Å². The number of carbonyl (C=O) groups is 1. The van der Waals surface area contributed by atoms with Gasteiger partial charge in [0.25, 0.3) is 0 Å². The van der Waals surface area contributed by atoms with Crippen LogP contribution in [0.5, 0.6) is 0 Å². The molecule has 3 rings (SSSR count). The summed E-state index contributed by atoms with van der Waals surface area (Å²) in [5.74, 6) is -0.176. The van der Waals surface area contributed by atoms with Crippen LogP contribution < -0.4 is 10.2 Å². The van der Waals surface area contributed by atoms with Crippen LogP contribution >= 0.6 is 11.6 Å². The maximum absolute atomic E-state index is 12.3. The van der Waals surface area contributed by atoms with Gasteiger partial charge >= 0.3 is 0 Å². The van der Waals surface area contributed by atoms with Crippen molar-refractivity contribution >= 4 is 35.0 Å². The van der Waals surface area contributed by atoms with E-state index < -0.39 is 0 Å². The van der Waals surface area contributed by atoms with E-state index >= 15 is 0 Å². The highest BCUT2D eigenvalue weighted by Crippen LogP contribution is 2.24. The standard InChI is InChI=1S/C21H27ClN4O/c1-3-4-14-26-21(22)19(16(2)24-26)10-11-20(27)23-17-8-7-9-18(15-17)25-12-5-6-13-25/h7-11,15H,3-6,12-14H2,1-2H3,(H,23,27). The first-order valence-electron chi connectivity index (χ1n) is 9.65. The number of hydrogen-bond acceptors (Lipinski definition) is 3. The number of nitrogens with one attached hydrogen (secondary N) is 1. The minimum atomic E-state index is -0.176. The van der Waals surface area contributed by atoms with Gasteiger partial charge in [-0.3, -0.25) is 9.48 Å². The Labute approximate surface area is 166 Å². The van der Waals surface area contributed by atoms with Crippen molar-refractivity contribution in [2.75, 3.05) is 23.3 Å². The molecule has 1 amide bonds. The molecule has 1 saturated heterocycles. The molecule has 1 aromatic carbocycles. The number of nitrogens with zero attached hydrogens (tertiary/aromatic N) is 3. The predicted octanol–water partition coefficient (Wildman–Crippen LogP) is 4.90. The van der Waals surface area contributed by atoms with Gasteiger partial charge in [0, 0.05) is 42.6 Å². The summed E-state index contributed by atoms with van der Waals surface area (Å²) in [7, 11) is 0. The van der Waals surface area contributed by atoms with Crippen molar-refractivity contribution in [3.05, 3.63) is 46.8 Å². The summed E-state index contributed by atoms with van der Waals surface area (Å²) in [4.78, 5) is 14.7. The van der Waals surface area contributed by atoms with Gasteiger partial charge in [-0.05, 0) is 50.5 Å². The zero-order valence-corrected chi connectivity index (χ0v) is 16.8. The van der Waals surface area contributed by atoms with Gasteiger partial charge in [-0.25, -0.2) is 0 Å². The van der Waals surface area contributed by atoms with E-state index in [1.807, 2.05) is 25.1 Å². The number of benzene rings is 1. The first-order chi connectivity index (χ1) is 13.1. The lowest BCUT2D eigenvalue weighted by atomic mass is 10.2. The molecule has 2 aromatic rings. The first kappa shape index (κ1) is 19.5. The Hall–Kier alpha value is -2.27. The number of amides is 1. The van der Waals surface area contributed by atoms with Crippen molar-refractivity contribution in [1.29, 1.82) is 0 Å². The quantitative estimate of drug-likeness (QED) is 0.688. The molecule has 27 heavy (non-hydrogen) atoms. The second-order valence-electron chi connectivity index (χ2n) is 6.93. The van der Waals surface area contributed by atoms with E-state index in [0.717, 1.165) is 55.1 Å². The Morgan fingerprint density at radius 2 is 2.11 bits per heavy atom. The van der Waals surface area contributed by atoms with E-state index in [2.05, 4.69) is 28.3 Å². The molecule has 1 aliphatic rings. The average molecular weight is 387 g/mol. The number of halogens is 1. The van der Waals surface area contributed by atoms with Gasteiger partial charge in [-0.2, -0.15) is 5.10 Å². The summed E-state index contributed by atoms with van der Waals surface area (Å²) in [6, 6.07) is 8.00. The minimum Gasteiger partial charge on any atom is -0.371 e. The maximum Gasteiger partial charge on any atom is 0.248 e. The first-order valence-corrected chi connectivity index (χ1v) is 10.0. The van der Waals surface area contributed by atoms with Crippen LogP contribution in [0.4, 0.5) is 11.4 Å². The third-order valence-electron chi connectivity index (χ3n) is 4.82. The lowest BCUT2D eigenvalue weighted by Crippen LogP contribution is -2.17. The number of rotatable bonds is 7. The molecule has 1 fully saturated rings. The van der Waals surface area contributed by atoms with Crippen molar-refractivity contribution in [2.24, 2.45) is 0 Å². The Morgan fingerprint density at radius 1 is 1.33 bits per heavy atom. The fraction of sp³-hybridized carbons (Fsp3) is 0.429. The van der Waals surface area contributed by atoms with Gasteiger partial charge in [-0.15, -0.1) is 0 Å². The number of unbranched alkanes of at least 4 members (excludes halogenated alkanes) is 1. The Kier molecular flexibility index (Phi) is 6.56. The molecule has 0 radical (unpaired) electrons. The normalized spacial score (nSPS) is 14.3. The van der Waals surface area contributed by atoms with E-state index in [4.69, 9.17) is 11.6 Å². The smallest absolute Gasteiger partial charge is 0.248 e. The van der Waals surface area contributed by atoms with Crippen LogP contribution in [-0.2, 0) is 11.3 Å². The highest BCUT2D eigenvalue weighted by molar-refractivity contribution is 6.31. The molecule has 1 aromatic heterocycles. The molecule has 5 nitrogen and oxygen atoms in total. The zero-order chi connectivity index (χ0) is 19.2. The van der Waals surface area contributed by atoms with Crippen LogP contribution in [0.3, 0.4) is 0 Å². The van der Waals surface area contributed by atoms with E-state index in [1.165, 1.54) is 18.9 Å². The predicted molar refractivity (Wildman–Crippen MR) is 112 cm³/mol. The number of anilines is 2. The SMILES string of the molecule is CCCCn1nc(C)c(C=CC(=O)Nc2cccc(N3CCCC3)c2)c1Cl. The van der Waals surface area contributed by atoms with Crippen LogP contribution in [0.2, 0.25) is 5.15 Å². The highest BCUT2D eigenvalue weighted by Gasteiger charge is 2.13. The maximum atomic E-state index is 12.3. The highest BCUT2D eigenvalue weighted by atomic mass is 35.5. The Morgan fingerprint density at radius 3 is 2.85 bits per heavy atom. The van der Waals surface area contributed by atoms with Crippen molar-refractivity contribution in [3.63, 3.8) is 0 Å². The van der Waals surface area contributed by atoms with Crippen LogP contribution in [0.15, 0.2) is 30.3 Å². The van der Waals surface area contributed by atoms with E-state index in [-0.39, 0.29) is 5.91 Å². The third kappa shape index (κ3) is 4.92. The van der Waals surface area contributed by atoms with E-state index in [1.54, 1.807) is 10.8 Å². The zero-order valence-electron chi connectivity index (χ0n) is 16.0. The third-order valence-corrected chi connectivity index (χ3v) is 5.22. The van der Waals surface area contributed by atoms with E-state index in [9.17, 15) is 4.79 Å². The summed E-state index contributed by atoms with van der Waals surface area (Å²) in [5, 5.41) is 7.98. The second-order valence-corrected chi connectivity index (χ2v) is 7.29. The molecule has 2 heterocycles. The molecule has 144 valence electrons. The van der Waals surface area contributed by atoms with Crippen molar-refractivity contribution in [3.8, 4) is 0 Å². The monoisotopic (exact) mass is 386 g/mol. The summed E-state index contributed by atoms with van der Waals surface area (Å²) >= 11 is 6.41. The number of hydrogen-bond donors (Lipinski definition) is 1. The minimum absolute atomic E-state index is 0.176. The molecule has 1 N–H and O–H groups in total. The average Bonchev–Trinajstić information content (AvgIpc) is 3.28. The number of aryl methyl sites for hydroxylation is 2. The molecule has 0 spiro atoms. The fourth-order valence-electron chi connectivity index (χ4n) is 3.31. The lowest BCUT2D eigenvalue weighted by molar-refractivity contribution is -0.111. The lowest BCUT2D eigenvalue weighted by Gasteiger charge is -2.18. The van der Waals surface area contributed by atoms with Crippen LogP contribution in [0.1, 0.15) is 43.9 Å². The fourth-order valence-corrected chi connectivity index (χ4v) is 3.63. The molecular formula is C21H27ClN4O. The molecule has 6 heteroatoms. The summed E-state index contributed by atoms with van der Waals surface area (Å²) in [6.45, 7) is 6.99. The summed E-state index contributed by atoms with van der Waals surface area (Å²) in [5.41, 5.74) is 3.59. The second kappa shape index (κ2) is 9.09.